The molecule has 10 nitrogen and oxygen atoms in total. The number of benzene rings is 1. The molecule has 0 spiro atoms. The fraction of sp³-hybridized carbons (Fsp3) is 0.300. The minimum Gasteiger partial charge on any atom is -0.477 e. The van der Waals surface area contributed by atoms with E-state index in [1.807, 2.05) is 0 Å². The van der Waals surface area contributed by atoms with Crippen molar-refractivity contribution in [3.05, 3.63) is 47.9 Å². The summed E-state index contributed by atoms with van der Waals surface area (Å²) in [5.41, 5.74) is 1.05. The van der Waals surface area contributed by atoms with Gasteiger partial charge in [0.05, 0.1) is 18.1 Å². The van der Waals surface area contributed by atoms with Gasteiger partial charge in [-0.15, -0.1) is 0 Å². The maximum atomic E-state index is 12.3. The second kappa shape index (κ2) is 7.30. The van der Waals surface area contributed by atoms with E-state index in [2.05, 4.69) is 10.3 Å². The van der Waals surface area contributed by atoms with E-state index >= 15 is 0 Å². The van der Waals surface area contributed by atoms with Crippen LogP contribution in [-0.2, 0) is 16.6 Å². The number of nitrogens with zero attached hydrogens (tertiary/aromatic N) is 3. The molecule has 2 aromatic rings. The molecule has 0 bridgehead atoms. The molecule has 10 heteroatoms. The fourth-order valence-electron chi connectivity index (χ4n) is 3.96. The Labute approximate surface area is 171 Å². The predicted octanol–water partition coefficient (Wildman–Crippen LogP) is 1.44. The second-order valence-electron chi connectivity index (χ2n) is 7.28. The number of carboxylic acid groups (broad SMARTS) is 1. The molecule has 0 aliphatic carbocycles. The summed E-state index contributed by atoms with van der Waals surface area (Å²) in [6.45, 7) is 1.53. The zero-order valence-electron chi connectivity index (χ0n) is 16.3. The lowest BCUT2D eigenvalue weighted by atomic mass is 9.82. The number of aryl methyl sites for hydroxylation is 1. The van der Waals surface area contributed by atoms with Crippen molar-refractivity contribution in [3.63, 3.8) is 0 Å². The van der Waals surface area contributed by atoms with E-state index in [4.69, 9.17) is 4.74 Å². The first-order valence-corrected chi connectivity index (χ1v) is 9.32. The zero-order chi connectivity index (χ0) is 21.6. The standard InChI is InChI=1S/C20H20N4O6/c1-10(25)15-14-9-13(16(18(27)28)24(14)17(15)26)11-3-5-12(6-4-11)30-20(29)22-19-21-7-8-23(19)2/h3-8,10,14-15,25H,9H2,1-2H3,(H,27,28)(H,21,22,29)/t10-,14-,15-/m1/s1. The van der Waals surface area contributed by atoms with Gasteiger partial charge in [-0.1, -0.05) is 12.1 Å². The smallest absolute Gasteiger partial charge is 0.419 e. The van der Waals surface area contributed by atoms with Gasteiger partial charge < -0.3 is 24.4 Å². The number of aromatic nitrogens is 2. The molecule has 4 rings (SSSR count). The molecule has 3 N–H and O–H groups in total. The second-order valence-corrected chi connectivity index (χ2v) is 7.28. The van der Waals surface area contributed by atoms with Crippen LogP contribution in [0.2, 0.25) is 0 Å². The number of anilines is 1. The van der Waals surface area contributed by atoms with Gasteiger partial charge in [0.15, 0.2) is 0 Å². The van der Waals surface area contributed by atoms with Crippen molar-refractivity contribution in [2.75, 3.05) is 5.32 Å². The predicted molar refractivity (Wildman–Crippen MR) is 104 cm³/mol. The quantitative estimate of drug-likeness (QED) is 0.633. The third-order valence-electron chi connectivity index (χ3n) is 5.38. The van der Waals surface area contributed by atoms with E-state index in [9.17, 15) is 24.6 Å². The molecule has 1 aromatic carbocycles. The molecular formula is C20H20N4O6. The molecule has 30 heavy (non-hydrogen) atoms. The van der Waals surface area contributed by atoms with Crippen LogP contribution in [0, 0.1) is 5.92 Å². The number of rotatable bonds is 5. The van der Waals surface area contributed by atoms with Crippen molar-refractivity contribution in [3.8, 4) is 5.75 Å². The SMILES string of the molecule is C[C@@H](O)[C@H]1C(=O)N2C(C(=O)O)=C(c3ccc(OC(=O)Nc4nccn4C)cc3)C[C@H]12. The van der Waals surface area contributed by atoms with E-state index < -0.39 is 24.1 Å². The van der Waals surface area contributed by atoms with Crippen LogP contribution in [0.4, 0.5) is 10.7 Å². The monoisotopic (exact) mass is 412 g/mol. The minimum atomic E-state index is -1.19. The number of aliphatic carboxylic acids is 1. The number of fused-ring (bicyclic) bond motifs is 1. The van der Waals surface area contributed by atoms with E-state index in [1.54, 1.807) is 42.1 Å². The molecule has 1 aromatic heterocycles. The van der Waals surface area contributed by atoms with Crippen LogP contribution in [0.3, 0.4) is 0 Å². The first-order chi connectivity index (χ1) is 14.3. The molecule has 2 aliphatic heterocycles. The summed E-state index contributed by atoms with van der Waals surface area (Å²) in [7, 11) is 1.72. The van der Waals surface area contributed by atoms with Gasteiger partial charge in [-0.05, 0) is 36.6 Å². The molecule has 156 valence electrons. The molecule has 3 atom stereocenters. The highest BCUT2D eigenvalue weighted by Crippen LogP contribution is 2.47. The Balaban J connectivity index is 1.51. The summed E-state index contributed by atoms with van der Waals surface area (Å²) >= 11 is 0. The van der Waals surface area contributed by atoms with E-state index in [0.29, 0.717) is 23.5 Å². The average molecular weight is 412 g/mol. The number of nitrogens with one attached hydrogen (secondary N) is 1. The molecule has 2 amide bonds. The van der Waals surface area contributed by atoms with Crippen molar-refractivity contribution >= 4 is 29.5 Å². The Kier molecular flexibility index (Phi) is 4.78. The maximum Gasteiger partial charge on any atom is 0.419 e. The van der Waals surface area contributed by atoms with Crippen LogP contribution in [0.15, 0.2) is 42.4 Å². The Morgan fingerprint density at radius 2 is 2.00 bits per heavy atom. The minimum absolute atomic E-state index is 0.0666. The normalized spacial score (nSPS) is 21.2. The number of β-lactam (4-membered cyclic amide) rings is 1. The lowest BCUT2D eigenvalue weighted by Crippen LogP contribution is -2.61. The van der Waals surface area contributed by atoms with Crippen LogP contribution in [-0.4, -0.2) is 54.8 Å². The van der Waals surface area contributed by atoms with Gasteiger partial charge in [0.2, 0.25) is 11.9 Å². The highest BCUT2D eigenvalue weighted by Gasteiger charge is 2.56. The Bertz CT molecular complexity index is 1060. The van der Waals surface area contributed by atoms with Crippen molar-refractivity contribution in [1.29, 1.82) is 0 Å². The van der Waals surface area contributed by atoms with Crippen molar-refractivity contribution in [2.45, 2.75) is 25.5 Å². The topological polar surface area (TPSA) is 134 Å². The van der Waals surface area contributed by atoms with Crippen LogP contribution in [0.5, 0.6) is 5.75 Å². The van der Waals surface area contributed by atoms with Gasteiger partial charge in [-0.25, -0.2) is 14.6 Å². The highest BCUT2D eigenvalue weighted by atomic mass is 16.6. The Hall–Kier alpha value is -3.66. The number of amides is 2. The van der Waals surface area contributed by atoms with Gasteiger partial charge in [0.25, 0.3) is 0 Å². The molecule has 0 saturated carbocycles. The molecule has 1 fully saturated rings. The number of carbonyl (C=O) groups excluding carboxylic acids is 2. The maximum absolute atomic E-state index is 12.3. The van der Waals surface area contributed by atoms with Crippen molar-refractivity contribution in [2.24, 2.45) is 13.0 Å². The number of ether oxygens (including phenoxy) is 1. The zero-order valence-corrected chi connectivity index (χ0v) is 16.3. The number of aliphatic hydroxyl groups is 1. The van der Waals surface area contributed by atoms with E-state index in [1.165, 1.54) is 18.0 Å². The summed E-state index contributed by atoms with van der Waals surface area (Å²) < 4.78 is 6.84. The van der Waals surface area contributed by atoms with E-state index in [0.717, 1.165) is 0 Å². The number of carboxylic acids is 1. The van der Waals surface area contributed by atoms with Crippen LogP contribution >= 0.6 is 0 Å². The summed E-state index contributed by atoms with van der Waals surface area (Å²) in [5, 5.41) is 22.0. The third-order valence-corrected chi connectivity index (χ3v) is 5.38. The van der Waals surface area contributed by atoms with Gasteiger partial charge in [-0.2, -0.15) is 0 Å². The van der Waals surface area contributed by atoms with Crippen molar-refractivity contribution in [1.82, 2.24) is 14.5 Å². The van der Waals surface area contributed by atoms with Gasteiger partial charge in [0, 0.05) is 19.4 Å². The summed E-state index contributed by atoms with van der Waals surface area (Å²) in [6.07, 6.45) is 1.99. The van der Waals surface area contributed by atoms with Gasteiger partial charge in [0.1, 0.15) is 11.4 Å². The molecule has 0 radical (unpaired) electrons. The molecule has 2 aliphatic rings. The Morgan fingerprint density at radius 1 is 1.30 bits per heavy atom. The Morgan fingerprint density at radius 3 is 2.57 bits per heavy atom. The number of carbonyl (C=O) groups is 3. The summed E-state index contributed by atoms with van der Waals surface area (Å²) in [6, 6.07) is 6.00. The number of imidazole rings is 1. The molecule has 3 heterocycles. The van der Waals surface area contributed by atoms with Crippen LogP contribution < -0.4 is 10.1 Å². The fourth-order valence-corrected chi connectivity index (χ4v) is 3.96. The molecular weight excluding hydrogens is 392 g/mol. The largest absolute Gasteiger partial charge is 0.477 e. The molecule has 1 saturated heterocycles. The lowest BCUT2D eigenvalue weighted by Gasteiger charge is -2.44. The lowest BCUT2D eigenvalue weighted by molar-refractivity contribution is -0.161. The number of aliphatic hydroxyl groups excluding tert-OH is 1. The van der Waals surface area contributed by atoms with Crippen molar-refractivity contribution < 1.29 is 29.3 Å². The summed E-state index contributed by atoms with van der Waals surface area (Å²) in [5.74, 6) is -1.58. The van der Waals surface area contributed by atoms with Crippen LogP contribution in [0.25, 0.3) is 5.57 Å². The first kappa shape index (κ1) is 19.6. The number of hydrogen-bond donors (Lipinski definition) is 3. The average Bonchev–Trinajstić information content (AvgIpc) is 3.23. The van der Waals surface area contributed by atoms with Gasteiger partial charge in [-0.3, -0.25) is 10.1 Å². The highest BCUT2D eigenvalue weighted by molar-refractivity contribution is 6.06. The molecule has 0 unspecified atom stereocenters. The summed E-state index contributed by atoms with van der Waals surface area (Å²) in [4.78, 5) is 41.3. The third kappa shape index (κ3) is 3.20. The van der Waals surface area contributed by atoms with Gasteiger partial charge >= 0.3 is 12.1 Å². The van der Waals surface area contributed by atoms with Crippen LogP contribution in [0.1, 0.15) is 18.9 Å². The van der Waals surface area contributed by atoms with E-state index in [-0.39, 0.29) is 23.4 Å². The number of hydrogen-bond acceptors (Lipinski definition) is 6. The first-order valence-electron chi connectivity index (χ1n) is 9.32.